The van der Waals surface area contributed by atoms with Gasteiger partial charge in [-0.05, 0) is 103 Å². The van der Waals surface area contributed by atoms with Crippen molar-refractivity contribution in [1.82, 2.24) is 23.7 Å². The Hall–Kier alpha value is -8.58. The lowest BCUT2D eigenvalue weighted by atomic mass is 9.97. The number of allylic oxidation sites excluding steroid dienone is 4. The molecule has 0 saturated heterocycles. The highest BCUT2D eigenvalue weighted by Crippen LogP contribution is 2.45. The number of aromatic nitrogens is 5. The SMILES string of the molecule is C1=CC(n2c3ccccc3c3cc(-c4ccc(-c5ccc6c(c5)c5ccccc5n6-c5ccccc5)c5sc(-c6ccc(-c7nc8ccccc8n7-c7ccccc7)cc6)nc45)ccc32)=CCC1. The van der Waals surface area contributed by atoms with Crippen molar-refractivity contribution in [2.45, 2.75) is 12.8 Å². The normalized spacial score (nSPS) is 12.9. The lowest BCUT2D eigenvalue weighted by Crippen LogP contribution is -1.97. The van der Waals surface area contributed by atoms with E-state index in [0.29, 0.717) is 0 Å². The maximum absolute atomic E-state index is 5.59. The van der Waals surface area contributed by atoms with Gasteiger partial charge in [-0.25, -0.2) is 9.97 Å². The van der Waals surface area contributed by atoms with Gasteiger partial charge in [0.15, 0.2) is 0 Å². The van der Waals surface area contributed by atoms with Crippen LogP contribution in [-0.2, 0) is 0 Å². The van der Waals surface area contributed by atoms with E-state index in [1.807, 2.05) is 0 Å². The maximum Gasteiger partial charge on any atom is 0.145 e. The van der Waals surface area contributed by atoms with E-state index >= 15 is 0 Å². The molecule has 4 heterocycles. The quantitative estimate of drug-likeness (QED) is 0.160. The second kappa shape index (κ2) is 15.5. The number of benzene rings is 9. The number of para-hydroxylation sites is 6. The molecular formula is C62H41N5S. The molecule has 5 nitrogen and oxygen atoms in total. The summed E-state index contributed by atoms with van der Waals surface area (Å²) in [6, 6.07) is 74.5. The number of fused-ring (bicyclic) bond motifs is 8. The second-order valence-electron chi connectivity index (χ2n) is 17.6. The minimum Gasteiger partial charge on any atom is -0.310 e. The Morgan fingerprint density at radius 1 is 0.397 bits per heavy atom. The molecule has 0 unspecified atom stereocenters. The minimum atomic E-state index is 0.911. The minimum absolute atomic E-state index is 0.911. The van der Waals surface area contributed by atoms with Crippen LogP contribution in [0.25, 0.3) is 126 Å². The Morgan fingerprint density at radius 3 is 1.63 bits per heavy atom. The number of hydrogen-bond donors (Lipinski definition) is 0. The molecule has 1 aliphatic rings. The molecule has 4 aromatic heterocycles. The third-order valence-corrected chi connectivity index (χ3v) is 14.9. The molecule has 13 aromatic rings. The van der Waals surface area contributed by atoms with Gasteiger partial charge in [0.25, 0.3) is 0 Å². The van der Waals surface area contributed by atoms with Gasteiger partial charge in [-0.2, -0.15) is 0 Å². The molecule has 0 N–H and O–H groups in total. The first-order chi connectivity index (χ1) is 33.7. The van der Waals surface area contributed by atoms with Crippen molar-refractivity contribution in [1.29, 1.82) is 0 Å². The fourth-order valence-electron chi connectivity index (χ4n) is 10.6. The van der Waals surface area contributed by atoms with Crippen LogP contribution < -0.4 is 0 Å². The topological polar surface area (TPSA) is 40.6 Å². The van der Waals surface area contributed by atoms with Crippen LogP contribution in [0.5, 0.6) is 0 Å². The van der Waals surface area contributed by atoms with Crippen molar-refractivity contribution in [3.8, 4) is 55.6 Å². The van der Waals surface area contributed by atoms with Crippen molar-refractivity contribution in [2.75, 3.05) is 0 Å². The van der Waals surface area contributed by atoms with Crippen LogP contribution in [0.2, 0.25) is 0 Å². The molecule has 0 bridgehead atoms. The van der Waals surface area contributed by atoms with E-state index in [1.165, 1.54) is 65.1 Å². The smallest absolute Gasteiger partial charge is 0.145 e. The number of hydrogen-bond acceptors (Lipinski definition) is 3. The summed E-state index contributed by atoms with van der Waals surface area (Å²) < 4.78 is 8.22. The molecule has 0 aliphatic heterocycles. The predicted molar refractivity (Wildman–Crippen MR) is 286 cm³/mol. The highest BCUT2D eigenvalue weighted by Gasteiger charge is 2.21. The average molecular weight is 888 g/mol. The average Bonchev–Trinajstić information content (AvgIpc) is 4.19. The van der Waals surface area contributed by atoms with Crippen molar-refractivity contribution in [3.05, 3.63) is 224 Å². The zero-order valence-corrected chi connectivity index (χ0v) is 37.7. The fraction of sp³-hybridized carbons (Fsp3) is 0.0323. The molecule has 6 heteroatoms. The van der Waals surface area contributed by atoms with Gasteiger partial charge in [-0.3, -0.25) is 4.57 Å². The molecule has 0 spiro atoms. The largest absolute Gasteiger partial charge is 0.310 e. The number of imidazole rings is 1. The van der Waals surface area contributed by atoms with E-state index in [-0.39, 0.29) is 0 Å². The first-order valence-corrected chi connectivity index (χ1v) is 24.1. The summed E-state index contributed by atoms with van der Waals surface area (Å²) in [4.78, 5) is 10.7. The van der Waals surface area contributed by atoms with Crippen LogP contribution in [-0.4, -0.2) is 23.7 Å². The Kier molecular flexibility index (Phi) is 8.82. The molecular weight excluding hydrogens is 847 g/mol. The summed E-state index contributed by atoms with van der Waals surface area (Å²) in [7, 11) is 0. The highest BCUT2D eigenvalue weighted by molar-refractivity contribution is 7.22. The molecule has 0 fully saturated rings. The Bertz CT molecular complexity index is 4180. The van der Waals surface area contributed by atoms with Gasteiger partial charge in [0, 0.05) is 60.9 Å². The second-order valence-corrected chi connectivity index (χ2v) is 18.6. The maximum atomic E-state index is 5.59. The third-order valence-electron chi connectivity index (χ3n) is 13.7. The van der Waals surface area contributed by atoms with Gasteiger partial charge in [-0.1, -0.05) is 146 Å². The fourth-order valence-corrected chi connectivity index (χ4v) is 11.7. The third kappa shape index (κ3) is 6.08. The number of rotatable bonds is 7. The summed E-state index contributed by atoms with van der Waals surface area (Å²) in [5.74, 6) is 0.911. The van der Waals surface area contributed by atoms with E-state index in [9.17, 15) is 0 Å². The molecule has 320 valence electrons. The molecule has 14 rings (SSSR count). The van der Waals surface area contributed by atoms with E-state index in [4.69, 9.17) is 9.97 Å². The number of nitrogens with zero attached hydrogens (tertiary/aromatic N) is 5. The monoisotopic (exact) mass is 887 g/mol. The molecule has 0 atom stereocenters. The summed E-state index contributed by atoms with van der Waals surface area (Å²) >= 11 is 1.77. The van der Waals surface area contributed by atoms with E-state index in [0.717, 1.165) is 73.9 Å². The van der Waals surface area contributed by atoms with Crippen LogP contribution in [0.1, 0.15) is 12.8 Å². The van der Waals surface area contributed by atoms with Crippen molar-refractivity contribution >= 4 is 81.9 Å². The molecule has 9 aromatic carbocycles. The standard InChI is InChI=1S/C62H41N5S/c1-4-16-44(17-5-1)65-54-25-13-10-22-49(54)51-38-42(32-36-56(51)65)47-34-35-48(43-33-37-57-52(39-43)50-23-11-14-26-55(50)66(57)45-18-6-2-7-19-45)60-59(47)64-62(68-60)41-30-28-40(29-31-41)61-63-53-24-12-15-27-58(53)67(61)46-20-8-3-9-21-46/h2-4,6-39H,1,5H2. The van der Waals surface area contributed by atoms with Gasteiger partial charge in [0.2, 0.25) is 0 Å². The summed E-state index contributed by atoms with van der Waals surface area (Å²) in [6.45, 7) is 0. The lowest BCUT2D eigenvalue weighted by Gasteiger charge is -2.12. The zero-order valence-electron chi connectivity index (χ0n) is 36.9. The molecule has 0 radical (unpaired) electrons. The Balaban J connectivity index is 0.949. The summed E-state index contributed by atoms with van der Waals surface area (Å²) in [5.41, 5.74) is 18.1. The predicted octanol–water partition coefficient (Wildman–Crippen LogP) is 16.7. The first kappa shape index (κ1) is 38.7. The number of thiazole rings is 1. The first-order valence-electron chi connectivity index (χ1n) is 23.3. The van der Waals surface area contributed by atoms with Gasteiger partial charge >= 0.3 is 0 Å². The van der Waals surface area contributed by atoms with Gasteiger partial charge < -0.3 is 9.13 Å². The van der Waals surface area contributed by atoms with Gasteiger partial charge in [-0.15, -0.1) is 11.3 Å². The van der Waals surface area contributed by atoms with Gasteiger partial charge in [0.05, 0.1) is 43.3 Å². The summed E-state index contributed by atoms with van der Waals surface area (Å²) in [6.07, 6.45) is 9.05. The molecule has 0 amide bonds. The molecule has 0 saturated carbocycles. The summed E-state index contributed by atoms with van der Waals surface area (Å²) in [5, 5.41) is 5.93. The van der Waals surface area contributed by atoms with Crippen LogP contribution in [0, 0.1) is 0 Å². The van der Waals surface area contributed by atoms with Crippen LogP contribution in [0.3, 0.4) is 0 Å². The highest BCUT2D eigenvalue weighted by atomic mass is 32.1. The van der Waals surface area contributed by atoms with Crippen LogP contribution in [0.4, 0.5) is 0 Å². The van der Waals surface area contributed by atoms with Crippen molar-refractivity contribution < 1.29 is 0 Å². The molecule has 1 aliphatic carbocycles. The lowest BCUT2D eigenvalue weighted by molar-refractivity contribution is 1.02. The van der Waals surface area contributed by atoms with Crippen molar-refractivity contribution in [2.24, 2.45) is 0 Å². The van der Waals surface area contributed by atoms with Gasteiger partial charge in [0.1, 0.15) is 10.8 Å². The van der Waals surface area contributed by atoms with E-state index < -0.39 is 0 Å². The molecule has 68 heavy (non-hydrogen) atoms. The van der Waals surface area contributed by atoms with Crippen LogP contribution >= 0.6 is 11.3 Å². The van der Waals surface area contributed by atoms with Crippen LogP contribution in [0.15, 0.2) is 224 Å². The Morgan fingerprint density at radius 2 is 0.941 bits per heavy atom. The van der Waals surface area contributed by atoms with E-state index in [1.54, 1.807) is 11.3 Å². The van der Waals surface area contributed by atoms with E-state index in [2.05, 4.69) is 238 Å². The zero-order chi connectivity index (χ0) is 44.7. The Labute approximate surface area is 396 Å². The van der Waals surface area contributed by atoms with Crippen molar-refractivity contribution in [3.63, 3.8) is 0 Å².